The van der Waals surface area contributed by atoms with Crippen LogP contribution in [0.2, 0.25) is 0 Å². The first-order valence-corrected chi connectivity index (χ1v) is 8.52. The van der Waals surface area contributed by atoms with Crippen LogP contribution in [0.25, 0.3) is 0 Å². The van der Waals surface area contributed by atoms with Crippen molar-refractivity contribution in [2.75, 3.05) is 27.4 Å². The molecular weight excluding hydrogens is 312 g/mol. The largest absolute Gasteiger partial charge is 0.508 e. The molecule has 136 valence electrons. The number of hydrogen-bond acceptors (Lipinski definition) is 6. The first-order valence-electron chi connectivity index (χ1n) is 8.52. The van der Waals surface area contributed by atoms with Gasteiger partial charge in [-0.3, -0.25) is 0 Å². The Bertz CT molecular complexity index is 451. The summed E-state index contributed by atoms with van der Waals surface area (Å²) in [6, 6.07) is 4.69. The van der Waals surface area contributed by atoms with E-state index in [0.29, 0.717) is 11.5 Å². The number of hydrogen-bond donors (Lipinski definition) is 1. The third kappa shape index (κ3) is 6.19. The molecular formula is C18H28O6. The molecule has 2 heterocycles. The summed E-state index contributed by atoms with van der Waals surface area (Å²) in [6.45, 7) is 1.69. The Morgan fingerprint density at radius 2 is 1.46 bits per heavy atom. The maximum Gasteiger partial charge on any atom is 0.164 e. The van der Waals surface area contributed by atoms with E-state index in [1.54, 1.807) is 19.2 Å². The van der Waals surface area contributed by atoms with E-state index < -0.39 is 0 Å². The first kappa shape index (κ1) is 18.8. The molecule has 2 aliphatic heterocycles. The number of phenolic OH excluding ortho intramolecular Hbond substituents is 1. The summed E-state index contributed by atoms with van der Waals surface area (Å²) in [5.74, 6) is 1.32. The van der Waals surface area contributed by atoms with E-state index in [-0.39, 0.29) is 18.3 Å². The molecule has 3 rings (SSSR count). The lowest BCUT2D eigenvalue weighted by Crippen LogP contribution is -2.31. The predicted molar refractivity (Wildman–Crippen MR) is 89.5 cm³/mol. The molecule has 0 spiro atoms. The van der Waals surface area contributed by atoms with Gasteiger partial charge in [-0.25, -0.2) is 0 Å². The second kappa shape index (κ2) is 10.4. The maximum atomic E-state index is 9.03. The van der Waals surface area contributed by atoms with Crippen LogP contribution >= 0.6 is 0 Å². The highest BCUT2D eigenvalue weighted by Crippen LogP contribution is 2.29. The average molecular weight is 340 g/mol. The number of methoxy groups -OCH3 is 2. The predicted octanol–water partition coefficient (Wildman–Crippen LogP) is 3.47. The van der Waals surface area contributed by atoms with Gasteiger partial charge in [0.2, 0.25) is 0 Å². The molecule has 6 nitrogen and oxygen atoms in total. The Labute approximate surface area is 143 Å². The van der Waals surface area contributed by atoms with Gasteiger partial charge in [0.25, 0.3) is 0 Å². The van der Waals surface area contributed by atoms with Crippen molar-refractivity contribution in [2.24, 2.45) is 0 Å². The lowest BCUT2D eigenvalue weighted by Gasteiger charge is -2.29. The lowest BCUT2D eigenvalue weighted by molar-refractivity contribution is -0.264. The van der Waals surface area contributed by atoms with Crippen molar-refractivity contribution < 1.29 is 28.8 Å². The van der Waals surface area contributed by atoms with Gasteiger partial charge in [0.1, 0.15) is 5.75 Å². The second-order valence-electron chi connectivity index (χ2n) is 5.77. The molecule has 2 unspecified atom stereocenters. The number of benzene rings is 1. The van der Waals surface area contributed by atoms with Gasteiger partial charge in [-0.15, -0.1) is 0 Å². The Hall–Kier alpha value is -1.50. The quantitative estimate of drug-likeness (QED) is 0.905. The Morgan fingerprint density at radius 3 is 1.92 bits per heavy atom. The van der Waals surface area contributed by atoms with Gasteiger partial charge in [0, 0.05) is 19.3 Å². The number of ether oxygens (including phenoxy) is 5. The minimum atomic E-state index is -0.00292. The van der Waals surface area contributed by atoms with Gasteiger partial charge < -0.3 is 28.8 Å². The minimum Gasteiger partial charge on any atom is -0.508 e. The standard InChI is InChI=1S/C10H18O3.C8H10O3/c1-3-7-11-9(5-1)13-10-6-2-4-8-12-10;1-10-7-4-3-6(9)5-8(7)11-2/h9-10H,1-8H2;3-5,9H,1-2H3. The number of aromatic hydroxyl groups is 1. The van der Waals surface area contributed by atoms with Gasteiger partial charge in [-0.2, -0.15) is 0 Å². The summed E-state index contributed by atoms with van der Waals surface area (Å²) in [4.78, 5) is 0. The van der Waals surface area contributed by atoms with Crippen molar-refractivity contribution in [3.8, 4) is 17.2 Å². The Kier molecular flexibility index (Phi) is 8.15. The van der Waals surface area contributed by atoms with Crippen molar-refractivity contribution in [1.29, 1.82) is 0 Å². The highest BCUT2D eigenvalue weighted by atomic mass is 16.8. The molecule has 2 aliphatic rings. The fourth-order valence-corrected chi connectivity index (χ4v) is 2.63. The number of rotatable bonds is 4. The molecule has 0 amide bonds. The molecule has 2 fully saturated rings. The average Bonchev–Trinajstić information content (AvgIpc) is 2.64. The summed E-state index contributed by atoms with van der Waals surface area (Å²) < 4.78 is 26.5. The van der Waals surface area contributed by atoms with Crippen LogP contribution in [0.15, 0.2) is 18.2 Å². The van der Waals surface area contributed by atoms with E-state index in [1.165, 1.54) is 38.9 Å². The normalized spacial score (nSPS) is 23.8. The summed E-state index contributed by atoms with van der Waals surface area (Å²) in [5, 5.41) is 9.03. The fourth-order valence-electron chi connectivity index (χ4n) is 2.63. The summed E-state index contributed by atoms with van der Waals surface area (Å²) >= 11 is 0. The van der Waals surface area contributed by atoms with Gasteiger partial charge in [-0.05, 0) is 50.7 Å². The van der Waals surface area contributed by atoms with Crippen LogP contribution in [0.5, 0.6) is 17.2 Å². The van der Waals surface area contributed by atoms with Crippen LogP contribution < -0.4 is 9.47 Å². The molecule has 24 heavy (non-hydrogen) atoms. The number of phenols is 1. The highest BCUT2D eigenvalue weighted by molar-refractivity contribution is 5.44. The lowest BCUT2D eigenvalue weighted by atomic mass is 10.2. The highest BCUT2D eigenvalue weighted by Gasteiger charge is 2.21. The molecule has 1 aromatic carbocycles. The Balaban J connectivity index is 0.000000177. The zero-order chi connectivity index (χ0) is 17.2. The van der Waals surface area contributed by atoms with Gasteiger partial charge in [0.05, 0.1) is 14.2 Å². The monoisotopic (exact) mass is 340 g/mol. The van der Waals surface area contributed by atoms with Crippen molar-refractivity contribution in [2.45, 2.75) is 51.1 Å². The molecule has 0 aliphatic carbocycles. The fraction of sp³-hybridized carbons (Fsp3) is 0.667. The second-order valence-corrected chi connectivity index (χ2v) is 5.77. The summed E-state index contributed by atoms with van der Waals surface area (Å²) in [5.41, 5.74) is 0. The molecule has 1 aromatic rings. The minimum absolute atomic E-state index is 0.00292. The molecule has 1 N–H and O–H groups in total. The molecule has 6 heteroatoms. The van der Waals surface area contributed by atoms with Gasteiger partial charge >= 0.3 is 0 Å². The molecule has 0 aromatic heterocycles. The molecule has 0 bridgehead atoms. The van der Waals surface area contributed by atoms with Crippen LogP contribution in [-0.2, 0) is 14.2 Å². The third-order valence-corrected chi connectivity index (χ3v) is 3.95. The summed E-state index contributed by atoms with van der Waals surface area (Å²) in [7, 11) is 3.08. The smallest absolute Gasteiger partial charge is 0.164 e. The molecule has 0 saturated carbocycles. The van der Waals surface area contributed by atoms with E-state index in [4.69, 9.17) is 28.8 Å². The van der Waals surface area contributed by atoms with Crippen LogP contribution in [0.1, 0.15) is 38.5 Å². The van der Waals surface area contributed by atoms with Crippen molar-refractivity contribution >= 4 is 0 Å². The Morgan fingerprint density at radius 1 is 0.875 bits per heavy atom. The molecule has 2 atom stereocenters. The molecule has 0 radical (unpaired) electrons. The van der Waals surface area contributed by atoms with Crippen molar-refractivity contribution in [1.82, 2.24) is 0 Å². The molecule has 2 saturated heterocycles. The van der Waals surface area contributed by atoms with Crippen LogP contribution in [0, 0.1) is 0 Å². The van der Waals surface area contributed by atoms with Gasteiger partial charge in [0.15, 0.2) is 24.1 Å². The van der Waals surface area contributed by atoms with Gasteiger partial charge in [-0.1, -0.05) is 0 Å². The van der Waals surface area contributed by atoms with Crippen LogP contribution in [0.4, 0.5) is 0 Å². The van der Waals surface area contributed by atoms with Crippen molar-refractivity contribution in [3.05, 3.63) is 18.2 Å². The van der Waals surface area contributed by atoms with E-state index in [9.17, 15) is 0 Å². The zero-order valence-corrected chi connectivity index (χ0v) is 14.5. The first-order chi connectivity index (χ1) is 11.7. The SMILES string of the molecule is C1CCC(OC2CCCCO2)OC1.COc1ccc(O)cc1OC. The third-order valence-electron chi connectivity index (χ3n) is 3.95. The zero-order valence-electron chi connectivity index (χ0n) is 14.5. The maximum absolute atomic E-state index is 9.03. The van der Waals surface area contributed by atoms with Crippen LogP contribution in [0.3, 0.4) is 0 Å². The van der Waals surface area contributed by atoms with E-state index in [1.807, 2.05) is 0 Å². The topological polar surface area (TPSA) is 66.4 Å². The summed E-state index contributed by atoms with van der Waals surface area (Å²) in [6.07, 6.45) is 6.83. The van der Waals surface area contributed by atoms with E-state index in [0.717, 1.165) is 26.1 Å². The van der Waals surface area contributed by atoms with Crippen molar-refractivity contribution in [3.63, 3.8) is 0 Å². The van der Waals surface area contributed by atoms with Crippen LogP contribution in [-0.4, -0.2) is 45.1 Å². The van der Waals surface area contributed by atoms with E-state index in [2.05, 4.69) is 0 Å². The van der Waals surface area contributed by atoms with E-state index >= 15 is 0 Å².